The van der Waals surface area contributed by atoms with E-state index in [1.807, 2.05) is 49.3 Å². The number of aliphatic hydroxyl groups is 2. The highest BCUT2D eigenvalue weighted by atomic mass is 32.2. The number of aliphatic hydroxyl groups excluding tert-OH is 1. The van der Waals surface area contributed by atoms with Gasteiger partial charge in [-0.25, -0.2) is 10.2 Å². The average molecular weight is 403 g/mol. The van der Waals surface area contributed by atoms with Gasteiger partial charge in [0.05, 0.1) is 5.75 Å². The summed E-state index contributed by atoms with van der Waals surface area (Å²) < 4.78 is 0. The fraction of sp³-hybridized carbons (Fsp3) is 0.222. The number of anilines is 1. The molecule has 1 aromatic heterocycles. The highest BCUT2D eigenvalue weighted by Gasteiger charge is 2.14. The molecule has 0 aliphatic rings. The van der Waals surface area contributed by atoms with Gasteiger partial charge in [-0.15, -0.1) is 5.10 Å². The minimum absolute atomic E-state index is 0.0367. The van der Waals surface area contributed by atoms with Gasteiger partial charge in [0.2, 0.25) is 5.16 Å². The Hall–Kier alpha value is -2.47. The molecule has 5 N–H and O–H groups in total. The lowest BCUT2D eigenvalue weighted by Crippen LogP contribution is -2.99. The van der Waals surface area contributed by atoms with Crippen LogP contribution in [-0.4, -0.2) is 56.7 Å². The van der Waals surface area contributed by atoms with E-state index in [4.69, 9.17) is 10.2 Å². The van der Waals surface area contributed by atoms with E-state index in [-0.39, 0.29) is 11.4 Å². The fourth-order valence-corrected chi connectivity index (χ4v) is 3.17. The van der Waals surface area contributed by atoms with E-state index < -0.39 is 11.5 Å². The van der Waals surface area contributed by atoms with Crippen LogP contribution in [0.5, 0.6) is 0 Å². The maximum atomic E-state index is 11.6. The molecule has 0 bridgehead atoms. The lowest BCUT2D eigenvalue weighted by molar-refractivity contribution is -0.991. The number of H-pyrrole nitrogens is 1. The number of quaternary nitrogens is 1. The van der Waals surface area contributed by atoms with Crippen LogP contribution in [0.4, 0.5) is 11.4 Å². The Morgan fingerprint density at radius 3 is 2.57 bits per heavy atom. The van der Waals surface area contributed by atoms with E-state index >= 15 is 0 Å². The van der Waals surface area contributed by atoms with Crippen LogP contribution in [0.3, 0.4) is 0 Å². The number of benzene rings is 2. The van der Waals surface area contributed by atoms with Crippen molar-refractivity contribution in [3.63, 3.8) is 0 Å². The van der Waals surface area contributed by atoms with E-state index in [0.717, 1.165) is 28.6 Å². The number of hydrogen-bond acceptors (Lipinski definition) is 8. The monoisotopic (exact) mass is 403 g/mol. The summed E-state index contributed by atoms with van der Waals surface area (Å²) in [4.78, 5) is 6.28. The Balaban J connectivity index is 2.00. The minimum Gasteiger partial charge on any atom is -0.595 e. The van der Waals surface area contributed by atoms with Crippen molar-refractivity contribution in [1.29, 1.82) is 0 Å². The summed E-state index contributed by atoms with van der Waals surface area (Å²) in [6.07, 6.45) is -1.46. The SMILES string of the molecule is CN(C)c1cccc(-c2cc(-c3nc(SCC(O)O)n[nH]3)cc([NH+]([O-])O)c2)c1. The Morgan fingerprint density at radius 1 is 1.14 bits per heavy atom. The lowest BCUT2D eigenvalue weighted by atomic mass is 10.0. The molecule has 0 fully saturated rings. The van der Waals surface area contributed by atoms with Gasteiger partial charge in [0.15, 0.2) is 17.8 Å². The molecule has 1 atom stereocenters. The third-order valence-electron chi connectivity index (χ3n) is 3.98. The largest absolute Gasteiger partial charge is 0.595 e. The molecule has 3 aromatic rings. The quantitative estimate of drug-likeness (QED) is 0.224. The predicted molar refractivity (Wildman–Crippen MR) is 106 cm³/mol. The van der Waals surface area contributed by atoms with Crippen molar-refractivity contribution in [3.8, 4) is 22.5 Å². The maximum absolute atomic E-state index is 11.6. The van der Waals surface area contributed by atoms with Crippen molar-refractivity contribution < 1.29 is 20.6 Å². The number of hydrogen-bond donors (Lipinski definition) is 5. The Kier molecular flexibility index (Phi) is 6.29. The van der Waals surface area contributed by atoms with Gasteiger partial charge in [-0.3, -0.25) is 5.10 Å². The van der Waals surface area contributed by atoms with Gasteiger partial charge in [0, 0.05) is 37.5 Å². The van der Waals surface area contributed by atoms with Crippen molar-refractivity contribution in [3.05, 3.63) is 47.7 Å². The summed E-state index contributed by atoms with van der Waals surface area (Å²) in [7, 11) is 3.88. The molecule has 9 nitrogen and oxygen atoms in total. The molecule has 0 aliphatic heterocycles. The zero-order chi connectivity index (χ0) is 20.3. The van der Waals surface area contributed by atoms with Crippen LogP contribution < -0.4 is 10.1 Å². The molecule has 0 spiro atoms. The first-order chi connectivity index (χ1) is 13.3. The van der Waals surface area contributed by atoms with Gasteiger partial charge >= 0.3 is 0 Å². The van der Waals surface area contributed by atoms with Gasteiger partial charge in [0.1, 0.15) is 0 Å². The predicted octanol–water partition coefficient (Wildman–Crippen LogP) is 1.01. The van der Waals surface area contributed by atoms with Gasteiger partial charge in [0.25, 0.3) is 0 Å². The highest BCUT2D eigenvalue weighted by molar-refractivity contribution is 7.99. The second kappa shape index (κ2) is 8.69. The molecule has 10 heteroatoms. The number of aromatic nitrogens is 3. The molecule has 28 heavy (non-hydrogen) atoms. The summed E-state index contributed by atoms with van der Waals surface area (Å²) in [6, 6.07) is 12.8. The molecule has 148 valence electrons. The zero-order valence-electron chi connectivity index (χ0n) is 15.3. The molecule has 1 heterocycles. The van der Waals surface area contributed by atoms with E-state index in [1.165, 1.54) is 6.07 Å². The normalized spacial score (nSPS) is 12.4. The summed E-state index contributed by atoms with van der Waals surface area (Å²) in [5, 5.41) is 45.1. The molecule has 0 saturated heterocycles. The van der Waals surface area contributed by atoms with Crippen LogP contribution in [0, 0.1) is 5.21 Å². The number of aromatic amines is 1. The highest BCUT2D eigenvalue weighted by Crippen LogP contribution is 2.30. The van der Waals surface area contributed by atoms with Crippen molar-refractivity contribution in [2.24, 2.45) is 0 Å². The van der Waals surface area contributed by atoms with Gasteiger partial charge in [-0.2, -0.15) is 5.23 Å². The summed E-state index contributed by atoms with van der Waals surface area (Å²) >= 11 is 1.08. The standard InChI is InChI=1S/C18H21N5O4S/c1-22(2)14-5-3-4-11(7-14)12-6-13(9-15(8-12)23(26)27)17-19-18(21-20-17)28-10-16(24)25/h3-9,16,23-26H,10H2,1-2H3,(H,19,20,21). The van der Waals surface area contributed by atoms with E-state index in [1.54, 1.807) is 6.07 Å². The Morgan fingerprint density at radius 2 is 1.89 bits per heavy atom. The third-order valence-corrected chi connectivity index (χ3v) is 4.88. The molecule has 0 aliphatic carbocycles. The third kappa shape index (κ3) is 4.87. The molecule has 0 amide bonds. The first kappa shape index (κ1) is 20.3. The number of nitrogens with zero attached hydrogens (tertiary/aromatic N) is 3. The molecular weight excluding hydrogens is 382 g/mol. The van der Waals surface area contributed by atoms with E-state index in [9.17, 15) is 10.4 Å². The van der Waals surface area contributed by atoms with Crippen molar-refractivity contribution >= 4 is 23.1 Å². The van der Waals surface area contributed by atoms with Gasteiger partial charge in [-0.1, -0.05) is 23.9 Å². The number of thioether (sulfide) groups is 1. The van der Waals surface area contributed by atoms with Crippen molar-refractivity contribution in [1.82, 2.24) is 15.2 Å². The Labute approximate surface area is 165 Å². The lowest BCUT2D eigenvalue weighted by Gasteiger charge is -2.16. The van der Waals surface area contributed by atoms with Crippen LogP contribution in [0.2, 0.25) is 0 Å². The van der Waals surface area contributed by atoms with Crippen LogP contribution in [0.15, 0.2) is 47.6 Å². The van der Waals surface area contributed by atoms with Crippen LogP contribution in [0.25, 0.3) is 22.5 Å². The summed E-state index contributed by atoms with van der Waals surface area (Å²) in [6.45, 7) is 0. The zero-order valence-corrected chi connectivity index (χ0v) is 16.1. The average Bonchev–Trinajstić information content (AvgIpc) is 3.15. The van der Waals surface area contributed by atoms with E-state index in [0.29, 0.717) is 16.5 Å². The first-order valence-corrected chi connectivity index (χ1v) is 9.40. The van der Waals surface area contributed by atoms with E-state index in [2.05, 4.69) is 15.2 Å². The van der Waals surface area contributed by atoms with Crippen LogP contribution in [-0.2, 0) is 0 Å². The minimum atomic E-state index is -1.46. The Bertz CT molecular complexity index is 945. The fourth-order valence-electron chi connectivity index (χ4n) is 2.61. The van der Waals surface area contributed by atoms with Gasteiger partial charge < -0.3 is 20.3 Å². The molecule has 0 radical (unpaired) electrons. The number of rotatable bonds is 7. The first-order valence-electron chi connectivity index (χ1n) is 8.41. The maximum Gasteiger partial charge on any atom is 0.208 e. The van der Waals surface area contributed by atoms with Gasteiger partial charge in [-0.05, 0) is 29.3 Å². The molecule has 1 unspecified atom stereocenters. The number of nitrogens with one attached hydrogen (secondary N) is 2. The van der Waals surface area contributed by atoms with Crippen LogP contribution in [0.1, 0.15) is 0 Å². The summed E-state index contributed by atoms with van der Waals surface area (Å²) in [5.74, 6) is 0.442. The molecule has 3 rings (SSSR count). The van der Waals surface area contributed by atoms with Crippen molar-refractivity contribution in [2.75, 3.05) is 24.7 Å². The molecule has 2 aromatic carbocycles. The smallest absolute Gasteiger partial charge is 0.208 e. The van der Waals surface area contributed by atoms with Crippen molar-refractivity contribution in [2.45, 2.75) is 11.4 Å². The summed E-state index contributed by atoms with van der Waals surface area (Å²) in [5.41, 5.74) is 3.34. The molecule has 0 saturated carbocycles. The molecular formula is C18H21N5O4S. The second-order valence-electron chi connectivity index (χ2n) is 6.31. The van der Waals surface area contributed by atoms with Crippen LogP contribution >= 0.6 is 11.8 Å². The topological polar surface area (TPSA) is 133 Å². The second-order valence-corrected chi connectivity index (χ2v) is 7.29.